The Morgan fingerprint density at radius 1 is 1.33 bits per heavy atom. The summed E-state index contributed by atoms with van der Waals surface area (Å²) in [6, 6.07) is 2.04. The van der Waals surface area contributed by atoms with Crippen molar-refractivity contribution in [3.05, 3.63) is 16.8 Å². The summed E-state index contributed by atoms with van der Waals surface area (Å²) >= 11 is 0. The number of nitrogens with zero attached hydrogens (tertiary/aromatic N) is 3. The van der Waals surface area contributed by atoms with Gasteiger partial charge in [-0.05, 0) is 26.5 Å². The first-order valence-corrected chi connectivity index (χ1v) is 6.95. The molecule has 0 atom stereocenters. The van der Waals surface area contributed by atoms with E-state index >= 15 is 0 Å². The molecular weight excluding hydrogens is 254 g/mol. The van der Waals surface area contributed by atoms with Gasteiger partial charge in [0.2, 0.25) is 10.0 Å². The Morgan fingerprint density at radius 2 is 2.00 bits per heavy atom. The first-order valence-electron chi connectivity index (χ1n) is 5.30. The van der Waals surface area contributed by atoms with Gasteiger partial charge in [0.15, 0.2) is 5.82 Å². The van der Waals surface area contributed by atoms with Crippen LogP contribution in [0.15, 0.2) is 0 Å². The summed E-state index contributed by atoms with van der Waals surface area (Å²) in [5.74, 6) is 0.218. The van der Waals surface area contributed by atoms with Crippen molar-refractivity contribution in [3.8, 4) is 6.07 Å². The molecule has 0 aliphatic heterocycles. The lowest BCUT2D eigenvalue weighted by atomic mass is 10.1. The van der Waals surface area contributed by atoms with Gasteiger partial charge in [0.05, 0.1) is 11.4 Å². The van der Waals surface area contributed by atoms with Gasteiger partial charge in [-0.25, -0.2) is 13.1 Å². The Kier molecular flexibility index (Phi) is 4.58. The Labute approximate surface area is 106 Å². The largest absolute Gasteiger partial charge is 0.366 e. The van der Waals surface area contributed by atoms with Gasteiger partial charge >= 0.3 is 0 Å². The number of rotatable bonds is 5. The second-order valence-electron chi connectivity index (χ2n) is 3.70. The highest BCUT2D eigenvalue weighted by atomic mass is 32.2. The van der Waals surface area contributed by atoms with Gasteiger partial charge in [-0.1, -0.05) is 0 Å². The minimum absolute atomic E-state index is 0.0943. The zero-order valence-corrected chi connectivity index (χ0v) is 11.3. The molecule has 0 saturated heterocycles. The molecule has 0 saturated carbocycles. The maximum atomic E-state index is 11.2. The molecule has 1 aromatic heterocycles. The second-order valence-corrected chi connectivity index (χ2v) is 5.74. The van der Waals surface area contributed by atoms with Crippen molar-refractivity contribution in [2.75, 3.05) is 24.7 Å². The fourth-order valence-corrected chi connectivity index (χ4v) is 1.85. The number of nitriles is 1. The molecule has 0 unspecified atom stereocenters. The molecular formula is C10H15N5O2S. The average molecular weight is 269 g/mol. The normalized spacial score (nSPS) is 11.0. The maximum absolute atomic E-state index is 11.2. The van der Waals surface area contributed by atoms with E-state index in [-0.39, 0.29) is 12.3 Å². The molecule has 1 heterocycles. The zero-order chi connectivity index (χ0) is 13.8. The Hall–Kier alpha value is -1.72. The Bertz CT molecular complexity index is 577. The highest BCUT2D eigenvalue weighted by Crippen LogP contribution is 2.16. The Morgan fingerprint density at radius 3 is 2.56 bits per heavy atom. The van der Waals surface area contributed by atoms with Crippen molar-refractivity contribution in [2.24, 2.45) is 0 Å². The molecule has 2 N–H and O–H groups in total. The molecule has 0 spiro atoms. The van der Waals surface area contributed by atoms with E-state index in [2.05, 4.69) is 20.2 Å². The molecule has 0 amide bonds. The summed E-state index contributed by atoms with van der Waals surface area (Å²) in [7, 11) is -1.92. The lowest BCUT2D eigenvalue weighted by Gasteiger charge is -2.09. The highest BCUT2D eigenvalue weighted by molar-refractivity contribution is 7.89. The number of sulfonamides is 1. The van der Waals surface area contributed by atoms with Crippen molar-refractivity contribution in [1.82, 2.24) is 14.9 Å². The van der Waals surface area contributed by atoms with Crippen molar-refractivity contribution in [1.29, 1.82) is 5.26 Å². The first-order chi connectivity index (χ1) is 8.41. The molecule has 1 aromatic rings. The van der Waals surface area contributed by atoms with Crippen molar-refractivity contribution in [3.63, 3.8) is 0 Å². The molecule has 8 heteroatoms. The van der Waals surface area contributed by atoms with Crippen LogP contribution in [0.3, 0.4) is 0 Å². The van der Waals surface area contributed by atoms with E-state index in [1.165, 1.54) is 7.05 Å². The predicted octanol–water partition coefficient (Wildman–Crippen LogP) is -0.0738. The minimum Gasteiger partial charge on any atom is -0.366 e. The zero-order valence-electron chi connectivity index (χ0n) is 10.5. The molecule has 98 valence electrons. The van der Waals surface area contributed by atoms with Gasteiger partial charge in [-0.15, -0.1) is 5.10 Å². The second kappa shape index (κ2) is 5.75. The van der Waals surface area contributed by atoms with E-state index in [9.17, 15) is 8.42 Å². The Balaban J connectivity index is 2.81. The van der Waals surface area contributed by atoms with Gasteiger partial charge < -0.3 is 5.32 Å². The van der Waals surface area contributed by atoms with E-state index in [0.29, 0.717) is 17.1 Å². The van der Waals surface area contributed by atoms with Crippen molar-refractivity contribution >= 4 is 15.8 Å². The monoisotopic (exact) mass is 269 g/mol. The number of nitrogens with one attached hydrogen (secondary N) is 2. The third-order valence-electron chi connectivity index (χ3n) is 2.54. The van der Waals surface area contributed by atoms with Crippen LogP contribution in [0.4, 0.5) is 5.82 Å². The SMILES string of the molecule is CNS(=O)(=O)CCNc1nnc(C)c(C)c1C#N. The summed E-state index contributed by atoms with van der Waals surface area (Å²) in [6.45, 7) is 3.70. The van der Waals surface area contributed by atoms with Crippen LogP contribution in [0.2, 0.25) is 0 Å². The fraction of sp³-hybridized carbons (Fsp3) is 0.500. The molecule has 18 heavy (non-hydrogen) atoms. The van der Waals surface area contributed by atoms with E-state index < -0.39 is 10.0 Å². The number of aryl methyl sites for hydroxylation is 1. The van der Waals surface area contributed by atoms with E-state index in [0.717, 1.165) is 5.56 Å². The number of hydrogen-bond donors (Lipinski definition) is 2. The fourth-order valence-electron chi connectivity index (χ4n) is 1.27. The molecule has 1 rings (SSSR count). The number of aromatic nitrogens is 2. The summed E-state index contributed by atoms with van der Waals surface area (Å²) < 4.78 is 24.6. The topological polar surface area (TPSA) is 108 Å². The smallest absolute Gasteiger partial charge is 0.213 e. The summed E-state index contributed by atoms with van der Waals surface area (Å²) in [5.41, 5.74) is 1.82. The first kappa shape index (κ1) is 14.3. The molecule has 0 radical (unpaired) electrons. The van der Waals surface area contributed by atoms with Gasteiger partial charge in [-0.3, -0.25) is 0 Å². The third-order valence-corrected chi connectivity index (χ3v) is 3.90. The predicted molar refractivity (Wildman–Crippen MR) is 67.6 cm³/mol. The van der Waals surface area contributed by atoms with Crippen LogP contribution in [0.1, 0.15) is 16.8 Å². The third kappa shape index (κ3) is 3.38. The van der Waals surface area contributed by atoms with Crippen LogP contribution in [-0.4, -0.2) is 38.0 Å². The molecule has 0 aliphatic rings. The molecule has 0 aromatic carbocycles. The summed E-state index contributed by atoms with van der Waals surface area (Å²) in [4.78, 5) is 0. The summed E-state index contributed by atoms with van der Waals surface area (Å²) in [6.07, 6.45) is 0. The number of hydrogen-bond acceptors (Lipinski definition) is 6. The van der Waals surface area contributed by atoms with Gasteiger partial charge in [0.25, 0.3) is 0 Å². The molecule has 0 aliphatic carbocycles. The lowest BCUT2D eigenvalue weighted by molar-refractivity contribution is 0.588. The van der Waals surface area contributed by atoms with Crippen molar-refractivity contribution < 1.29 is 8.42 Å². The van der Waals surface area contributed by atoms with Gasteiger partial charge in [0, 0.05) is 6.54 Å². The standard InChI is InChI=1S/C10H15N5O2S/c1-7-8(2)14-15-10(9(7)6-11)13-4-5-18(16,17)12-3/h12H,4-5H2,1-3H3,(H,13,15). The van der Waals surface area contributed by atoms with E-state index in [1.54, 1.807) is 13.8 Å². The number of anilines is 1. The van der Waals surface area contributed by atoms with E-state index in [1.807, 2.05) is 6.07 Å². The van der Waals surface area contributed by atoms with E-state index in [4.69, 9.17) is 5.26 Å². The van der Waals surface area contributed by atoms with Crippen LogP contribution in [-0.2, 0) is 10.0 Å². The van der Waals surface area contributed by atoms with Crippen molar-refractivity contribution in [2.45, 2.75) is 13.8 Å². The van der Waals surface area contributed by atoms with Crippen LogP contribution >= 0.6 is 0 Å². The highest BCUT2D eigenvalue weighted by Gasteiger charge is 2.12. The average Bonchev–Trinajstić information content (AvgIpc) is 2.34. The molecule has 0 bridgehead atoms. The quantitative estimate of drug-likeness (QED) is 0.774. The molecule has 7 nitrogen and oxygen atoms in total. The molecule has 0 fully saturated rings. The lowest BCUT2D eigenvalue weighted by Crippen LogP contribution is -2.26. The van der Waals surface area contributed by atoms with Gasteiger partial charge in [-0.2, -0.15) is 10.4 Å². The maximum Gasteiger partial charge on any atom is 0.213 e. The van der Waals surface area contributed by atoms with Crippen LogP contribution in [0.5, 0.6) is 0 Å². The summed E-state index contributed by atoms with van der Waals surface area (Å²) in [5, 5.41) is 19.6. The van der Waals surface area contributed by atoms with Crippen LogP contribution in [0.25, 0.3) is 0 Å². The van der Waals surface area contributed by atoms with Crippen LogP contribution in [0, 0.1) is 25.2 Å². The van der Waals surface area contributed by atoms with Gasteiger partial charge in [0.1, 0.15) is 11.6 Å². The minimum atomic E-state index is -3.27. The van der Waals surface area contributed by atoms with Crippen LogP contribution < -0.4 is 10.0 Å².